The monoisotopic (exact) mass is 520 g/mol. The Bertz CT molecular complexity index is 1560. The number of aromatic amines is 1. The standard InChI is InChI=1S/C27H23ClF2N6O/c28-19-8-9-20(25(11-19)37-15-16-4-1-2-5-16)27-31-23-12-21(29)22(30)13-24(23)36(27)14-17-6-3-7-18(10-17)26-32-34-35-33-26/h3,6-13,16H,1-2,4-5,14-15H2,(H,32,33,34,35). The van der Waals surface area contributed by atoms with Gasteiger partial charge in [-0.05, 0) is 59.0 Å². The molecule has 7 nitrogen and oxygen atoms in total. The average molecular weight is 521 g/mol. The van der Waals surface area contributed by atoms with E-state index in [4.69, 9.17) is 21.3 Å². The van der Waals surface area contributed by atoms with Gasteiger partial charge in [-0.15, -0.1) is 5.10 Å². The summed E-state index contributed by atoms with van der Waals surface area (Å²) >= 11 is 6.33. The van der Waals surface area contributed by atoms with E-state index in [1.165, 1.54) is 18.9 Å². The van der Waals surface area contributed by atoms with Crippen molar-refractivity contribution in [2.75, 3.05) is 6.61 Å². The summed E-state index contributed by atoms with van der Waals surface area (Å²) in [5.41, 5.74) is 3.23. The molecule has 0 atom stereocenters. The van der Waals surface area contributed by atoms with E-state index in [9.17, 15) is 8.78 Å². The van der Waals surface area contributed by atoms with Crippen LogP contribution in [0.25, 0.3) is 33.8 Å². The Balaban J connectivity index is 1.45. The number of H-pyrrole nitrogens is 1. The van der Waals surface area contributed by atoms with Crippen LogP contribution in [-0.4, -0.2) is 36.8 Å². The summed E-state index contributed by atoms with van der Waals surface area (Å²) in [6.45, 7) is 0.932. The maximum Gasteiger partial charge on any atom is 0.179 e. The fourth-order valence-corrected chi connectivity index (χ4v) is 5.11. The first kappa shape index (κ1) is 23.5. The van der Waals surface area contributed by atoms with Crippen LogP contribution in [0, 0.1) is 17.6 Å². The lowest BCUT2D eigenvalue weighted by Crippen LogP contribution is -2.09. The highest BCUT2D eigenvalue weighted by molar-refractivity contribution is 6.30. The number of hydrogen-bond donors (Lipinski definition) is 1. The molecule has 0 unspecified atom stereocenters. The summed E-state index contributed by atoms with van der Waals surface area (Å²) in [5, 5.41) is 14.6. The first-order chi connectivity index (χ1) is 18.0. The van der Waals surface area contributed by atoms with Crippen LogP contribution in [0.15, 0.2) is 54.6 Å². The molecule has 1 fully saturated rings. The number of rotatable bonds is 7. The predicted octanol–water partition coefficient (Wildman–Crippen LogP) is 6.43. The van der Waals surface area contributed by atoms with Crippen LogP contribution in [0.2, 0.25) is 5.02 Å². The summed E-state index contributed by atoms with van der Waals surface area (Å²) in [7, 11) is 0. The van der Waals surface area contributed by atoms with Gasteiger partial charge < -0.3 is 9.30 Å². The third-order valence-electron chi connectivity index (χ3n) is 6.81. The maximum atomic E-state index is 14.4. The van der Waals surface area contributed by atoms with Crippen LogP contribution in [0.4, 0.5) is 8.78 Å². The summed E-state index contributed by atoms with van der Waals surface area (Å²) < 4.78 is 36.7. The zero-order valence-electron chi connectivity index (χ0n) is 19.8. The first-order valence-electron chi connectivity index (χ1n) is 12.2. The van der Waals surface area contributed by atoms with Crippen molar-refractivity contribution in [2.24, 2.45) is 5.92 Å². The van der Waals surface area contributed by atoms with E-state index in [2.05, 4.69) is 20.6 Å². The maximum absolute atomic E-state index is 14.4. The molecule has 0 aliphatic heterocycles. The largest absolute Gasteiger partial charge is 0.492 e. The molecule has 0 saturated heterocycles. The number of aromatic nitrogens is 6. The van der Waals surface area contributed by atoms with E-state index in [0.717, 1.165) is 30.0 Å². The molecule has 0 spiro atoms. The quantitative estimate of drug-likeness (QED) is 0.267. The molecule has 2 heterocycles. The predicted molar refractivity (Wildman–Crippen MR) is 136 cm³/mol. The van der Waals surface area contributed by atoms with Crippen molar-refractivity contribution in [3.05, 3.63) is 76.8 Å². The topological polar surface area (TPSA) is 81.5 Å². The highest BCUT2D eigenvalue weighted by Crippen LogP contribution is 2.36. The minimum Gasteiger partial charge on any atom is -0.492 e. The van der Waals surface area contributed by atoms with Crippen molar-refractivity contribution in [3.63, 3.8) is 0 Å². The van der Waals surface area contributed by atoms with E-state index in [1.807, 2.05) is 34.9 Å². The molecular weight excluding hydrogens is 498 g/mol. The van der Waals surface area contributed by atoms with Crippen molar-refractivity contribution in [3.8, 4) is 28.5 Å². The lowest BCUT2D eigenvalue weighted by Gasteiger charge is -2.16. The lowest BCUT2D eigenvalue weighted by atomic mass is 10.1. The number of nitrogens with one attached hydrogen (secondary N) is 1. The molecule has 1 saturated carbocycles. The van der Waals surface area contributed by atoms with Crippen molar-refractivity contribution >= 4 is 22.6 Å². The number of ether oxygens (including phenoxy) is 1. The van der Waals surface area contributed by atoms with Crippen molar-refractivity contribution in [1.29, 1.82) is 0 Å². The highest BCUT2D eigenvalue weighted by Gasteiger charge is 2.21. The van der Waals surface area contributed by atoms with Crippen LogP contribution >= 0.6 is 11.6 Å². The Labute approximate surface area is 216 Å². The first-order valence-corrected chi connectivity index (χ1v) is 12.5. The van der Waals surface area contributed by atoms with E-state index in [-0.39, 0.29) is 0 Å². The lowest BCUT2D eigenvalue weighted by molar-refractivity contribution is 0.253. The molecule has 1 aliphatic carbocycles. The SMILES string of the molecule is Fc1cc2nc(-c3ccc(Cl)cc3OCC3CCCC3)n(Cc3cccc(-c4nnn[nH]4)c3)c2cc1F. The van der Waals surface area contributed by atoms with Gasteiger partial charge in [-0.3, -0.25) is 0 Å². The van der Waals surface area contributed by atoms with Crippen LogP contribution < -0.4 is 4.74 Å². The van der Waals surface area contributed by atoms with Gasteiger partial charge in [0, 0.05) is 29.3 Å². The van der Waals surface area contributed by atoms with Crippen molar-refractivity contribution < 1.29 is 13.5 Å². The van der Waals surface area contributed by atoms with Gasteiger partial charge >= 0.3 is 0 Å². The summed E-state index contributed by atoms with van der Waals surface area (Å²) in [4.78, 5) is 4.72. The van der Waals surface area contributed by atoms with Crippen molar-refractivity contribution in [2.45, 2.75) is 32.2 Å². The van der Waals surface area contributed by atoms with E-state index in [1.54, 1.807) is 12.1 Å². The highest BCUT2D eigenvalue weighted by atomic mass is 35.5. The molecule has 6 rings (SSSR count). The zero-order valence-corrected chi connectivity index (χ0v) is 20.6. The number of hydrogen-bond acceptors (Lipinski definition) is 5. The van der Waals surface area contributed by atoms with E-state index in [0.29, 0.717) is 58.1 Å². The van der Waals surface area contributed by atoms with Gasteiger partial charge in [-0.25, -0.2) is 18.9 Å². The van der Waals surface area contributed by atoms with Crippen LogP contribution in [0.5, 0.6) is 5.75 Å². The Kier molecular flexibility index (Phi) is 6.30. The fourth-order valence-electron chi connectivity index (χ4n) is 4.95. The minimum absolute atomic E-state index is 0.344. The molecular formula is C27H23ClF2N6O. The third kappa shape index (κ3) is 4.79. The number of tetrazole rings is 1. The normalized spacial score (nSPS) is 14.0. The molecule has 1 aliphatic rings. The second-order valence-corrected chi connectivity index (χ2v) is 9.77. The van der Waals surface area contributed by atoms with Gasteiger partial charge in [0.15, 0.2) is 17.5 Å². The number of fused-ring (bicyclic) bond motifs is 1. The van der Waals surface area contributed by atoms with Gasteiger partial charge in [0.05, 0.1) is 23.2 Å². The Hall–Kier alpha value is -3.85. The van der Waals surface area contributed by atoms with Gasteiger partial charge in [-0.2, -0.15) is 0 Å². The fraction of sp³-hybridized carbons (Fsp3) is 0.259. The van der Waals surface area contributed by atoms with Gasteiger partial charge in [-0.1, -0.05) is 42.6 Å². The molecule has 3 aromatic carbocycles. The molecule has 0 amide bonds. The molecule has 37 heavy (non-hydrogen) atoms. The van der Waals surface area contributed by atoms with Crippen LogP contribution in [0.1, 0.15) is 31.2 Å². The van der Waals surface area contributed by atoms with Crippen molar-refractivity contribution in [1.82, 2.24) is 30.2 Å². The zero-order chi connectivity index (χ0) is 25.4. The second kappa shape index (κ2) is 9.89. The average Bonchev–Trinajstić information content (AvgIpc) is 3.67. The molecule has 1 N–H and O–H groups in total. The van der Waals surface area contributed by atoms with Crippen LogP contribution in [-0.2, 0) is 6.54 Å². The van der Waals surface area contributed by atoms with Gasteiger partial charge in [0.25, 0.3) is 0 Å². The smallest absolute Gasteiger partial charge is 0.179 e. The van der Waals surface area contributed by atoms with E-state index >= 15 is 0 Å². The summed E-state index contributed by atoms with van der Waals surface area (Å²) in [6, 6.07) is 15.4. The number of benzene rings is 3. The minimum atomic E-state index is -0.947. The number of nitrogens with zero attached hydrogens (tertiary/aromatic N) is 5. The molecule has 0 radical (unpaired) electrons. The Morgan fingerprint density at radius 2 is 1.86 bits per heavy atom. The Morgan fingerprint density at radius 1 is 1.03 bits per heavy atom. The third-order valence-corrected chi connectivity index (χ3v) is 7.05. The van der Waals surface area contributed by atoms with Gasteiger partial charge in [0.2, 0.25) is 0 Å². The summed E-state index contributed by atoms with van der Waals surface area (Å²) in [5.74, 6) is 0.282. The van der Waals surface area contributed by atoms with Crippen LogP contribution in [0.3, 0.4) is 0 Å². The molecule has 188 valence electrons. The molecule has 0 bridgehead atoms. The molecule has 5 aromatic rings. The molecule has 2 aromatic heterocycles. The molecule has 10 heteroatoms. The number of imidazole rings is 1. The number of halogens is 3. The van der Waals surface area contributed by atoms with E-state index < -0.39 is 11.6 Å². The van der Waals surface area contributed by atoms with Gasteiger partial charge in [0.1, 0.15) is 11.6 Å². The summed E-state index contributed by atoms with van der Waals surface area (Å²) in [6.07, 6.45) is 4.72. The Morgan fingerprint density at radius 3 is 2.68 bits per heavy atom. The second-order valence-electron chi connectivity index (χ2n) is 9.33.